The van der Waals surface area contributed by atoms with E-state index in [1.54, 1.807) is 24.2 Å². The molecule has 0 spiro atoms. The number of aryl methyl sites for hydroxylation is 1. The van der Waals surface area contributed by atoms with Crippen molar-refractivity contribution in [3.63, 3.8) is 0 Å². The number of hydrogen-bond acceptors (Lipinski definition) is 5. The van der Waals surface area contributed by atoms with E-state index in [-0.39, 0.29) is 11.5 Å². The summed E-state index contributed by atoms with van der Waals surface area (Å²) < 4.78 is 27.1. The third kappa shape index (κ3) is 4.11. The molecule has 0 atom stereocenters. The number of pyridine rings is 1. The summed E-state index contributed by atoms with van der Waals surface area (Å²) in [6.45, 7) is 3.11. The van der Waals surface area contributed by atoms with Crippen molar-refractivity contribution in [1.82, 2.24) is 19.4 Å². The highest BCUT2D eigenvalue weighted by Gasteiger charge is 2.21. The van der Waals surface area contributed by atoms with Gasteiger partial charge in [-0.25, -0.2) is 13.8 Å². The number of alkyl halides is 2. The fourth-order valence-corrected chi connectivity index (χ4v) is 2.79. The minimum Gasteiger partial charge on any atom is -0.340 e. The molecule has 2 aromatic heterocycles. The van der Waals surface area contributed by atoms with Gasteiger partial charge < -0.3 is 9.47 Å². The summed E-state index contributed by atoms with van der Waals surface area (Å²) in [6.07, 6.45) is -1.04. The van der Waals surface area contributed by atoms with Crippen molar-refractivity contribution in [2.45, 2.75) is 13.0 Å². The third-order valence-electron chi connectivity index (χ3n) is 4.22. The van der Waals surface area contributed by atoms with Crippen LogP contribution >= 0.6 is 0 Å². The Bertz CT molecular complexity index is 856. The van der Waals surface area contributed by atoms with Crippen LogP contribution in [0.1, 0.15) is 17.7 Å². The van der Waals surface area contributed by atoms with Crippen molar-refractivity contribution < 1.29 is 8.78 Å². The van der Waals surface area contributed by atoms with Gasteiger partial charge in [0.1, 0.15) is 5.69 Å². The fourth-order valence-electron chi connectivity index (χ4n) is 2.79. The lowest BCUT2D eigenvalue weighted by atomic mass is 10.2. The number of halogens is 2. The Morgan fingerprint density at radius 3 is 2.56 bits per heavy atom. The van der Waals surface area contributed by atoms with Gasteiger partial charge in [0.05, 0.1) is 0 Å². The molecule has 25 heavy (non-hydrogen) atoms. The van der Waals surface area contributed by atoms with Crippen molar-refractivity contribution in [2.75, 3.05) is 31.1 Å². The van der Waals surface area contributed by atoms with E-state index < -0.39 is 17.7 Å². The molecule has 0 unspecified atom stereocenters. The Hall–Kier alpha value is -2.55. The lowest BCUT2D eigenvalue weighted by molar-refractivity contribution is 0.145. The Labute approximate surface area is 142 Å². The lowest BCUT2D eigenvalue weighted by Gasteiger charge is -2.35. The molecular weight excluding hydrogens is 332 g/mol. The summed E-state index contributed by atoms with van der Waals surface area (Å²) in [6, 6.07) is 4.33. The van der Waals surface area contributed by atoms with E-state index in [0.717, 1.165) is 11.6 Å². The number of anilines is 1. The molecule has 1 saturated heterocycles. The first kappa shape index (κ1) is 17.3. The third-order valence-corrected chi connectivity index (χ3v) is 4.22. The normalized spacial score (nSPS) is 15.8. The number of nitrogens with zero attached hydrogens (tertiary/aromatic N) is 4. The molecule has 3 rings (SSSR count). The van der Waals surface area contributed by atoms with Gasteiger partial charge in [0.2, 0.25) is 5.95 Å². The largest absolute Gasteiger partial charge is 0.340 e. The Morgan fingerprint density at radius 2 is 1.92 bits per heavy atom. The summed E-state index contributed by atoms with van der Waals surface area (Å²) in [4.78, 5) is 33.5. The second-order valence-corrected chi connectivity index (χ2v) is 6.04. The first-order chi connectivity index (χ1) is 11.9. The van der Waals surface area contributed by atoms with Crippen molar-refractivity contribution in [3.8, 4) is 0 Å². The van der Waals surface area contributed by atoms with Crippen molar-refractivity contribution in [3.05, 3.63) is 56.4 Å². The van der Waals surface area contributed by atoms with Gasteiger partial charge in [-0.3, -0.25) is 19.5 Å². The molecule has 0 saturated carbocycles. The molecule has 1 N–H and O–H groups in total. The van der Waals surface area contributed by atoms with Gasteiger partial charge in [-0.15, -0.1) is 0 Å². The maximum absolute atomic E-state index is 12.8. The van der Waals surface area contributed by atoms with Gasteiger partial charge in [0, 0.05) is 58.1 Å². The van der Waals surface area contributed by atoms with E-state index in [2.05, 4.69) is 14.9 Å². The average molecular weight is 351 g/mol. The SMILES string of the molecule is Cn1ccc(CN2CCN(c3nc(C(F)F)cc(=O)[nH]3)CC2)cc1=O. The Kier molecular flexibility index (Phi) is 4.93. The minimum atomic E-state index is -2.77. The molecule has 0 bridgehead atoms. The number of hydrogen-bond donors (Lipinski definition) is 1. The molecule has 9 heteroatoms. The summed E-state index contributed by atoms with van der Waals surface area (Å²) in [7, 11) is 1.70. The zero-order valence-electron chi connectivity index (χ0n) is 13.8. The van der Waals surface area contributed by atoms with E-state index in [1.165, 1.54) is 4.57 Å². The molecule has 7 nitrogen and oxygen atoms in total. The molecule has 2 aromatic rings. The molecule has 134 valence electrons. The van der Waals surface area contributed by atoms with Gasteiger partial charge in [-0.2, -0.15) is 0 Å². The van der Waals surface area contributed by atoms with Gasteiger partial charge in [0.15, 0.2) is 0 Å². The van der Waals surface area contributed by atoms with Crippen LogP contribution in [0.15, 0.2) is 34.0 Å². The molecule has 1 fully saturated rings. The predicted molar refractivity (Wildman–Crippen MR) is 89.0 cm³/mol. The highest BCUT2D eigenvalue weighted by molar-refractivity contribution is 5.31. The van der Waals surface area contributed by atoms with Crippen LogP contribution in [0.4, 0.5) is 14.7 Å². The quantitative estimate of drug-likeness (QED) is 0.879. The van der Waals surface area contributed by atoms with Crippen LogP contribution in [0.2, 0.25) is 0 Å². The second kappa shape index (κ2) is 7.14. The van der Waals surface area contributed by atoms with Crippen molar-refractivity contribution >= 4 is 5.95 Å². The van der Waals surface area contributed by atoms with Crippen LogP contribution in [0.3, 0.4) is 0 Å². The maximum atomic E-state index is 12.8. The van der Waals surface area contributed by atoms with E-state index in [0.29, 0.717) is 32.7 Å². The topological polar surface area (TPSA) is 74.2 Å². The summed E-state index contributed by atoms with van der Waals surface area (Å²) >= 11 is 0. The van der Waals surface area contributed by atoms with Crippen LogP contribution in [0, 0.1) is 0 Å². The maximum Gasteiger partial charge on any atom is 0.280 e. The first-order valence-electron chi connectivity index (χ1n) is 7.94. The first-order valence-corrected chi connectivity index (χ1v) is 7.94. The Morgan fingerprint density at radius 1 is 1.20 bits per heavy atom. The molecule has 1 aliphatic rings. The Balaban J connectivity index is 1.64. The van der Waals surface area contributed by atoms with Gasteiger partial charge >= 0.3 is 0 Å². The average Bonchev–Trinajstić information content (AvgIpc) is 2.58. The highest BCUT2D eigenvalue weighted by Crippen LogP contribution is 2.18. The number of nitrogens with one attached hydrogen (secondary N) is 1. The summed E-state index contributed by atoms with van der Waals surface area (Å²) in [5.41, 5.74) is -0.214. The van der Waals surface area contributed by atoms with Crippen molar-refractivity contribution in [1.29, 1.82) is 0 Å². The predicted octanol–water partition coefficient (Wildman–Crippen LogP) is 0.728. The van der Waals surface area contributed by atoms with Crippen LogP contribution in [0.5, 0.6) is 0 Å². The second-order valence-electron chi connectivity index (χ2n) is 6.04. The highest BCUT2D eigenvalue weighted by atomic mass is 19.3. The minimum absolute atomic E-state index is 0.0540. The van der Waals surface area contributed by atoms with Crippen molar-refractivity contribution in [2.24, 2.45) is 7.05 Å². The van der Waals surface area contributed by atoms with E-state index >= 15 is 0 Å². The van der Waals surface area contributed by atoms with Gasteiger partial charge in [-0.05, 0) is 11.6 Å². The lowest BCUT2D eigenvalue weighted by Crippen LogP contribution is -2.47. The van der Waals surface area contributed by atoms with E-state index in [1.807, 2.05) is 6.07 Å². The van der Waals surface area contributed by atoms with Crippen LogP contribution < -0.4 is 16.0 Å². The fraction of sp³-hybridized carbons (Fsp3) is 0.438. The number of aromatic nitrogens is 3. The van der Waals surface area contributed by atoms with E-state index in [4.69, 9.17) is 0 Å². The summed E-state index contributed by atoms with van der Waals surface area (Å²) in [5.74, 6) is 0.177. The van der Waals surface area contributed by atoms with Gasteiger partial charge in [-0.1, -0.05) is 0 Å². The molecular formula is C16H19F2N5O2. The molecule has 0 amide bonds. The van der Waals surface area contributed by atoms with E-state index in [9.17, 15) is 18.4 Å². The number of H-pyrrole nitrogens is 1. The molecule has 3 heterocycles. The van der Waals surface area contributed by atoms with Crippen LogP contribution in [0.25, 0.3) is 0 Å². The molecule has 0 aromatic carbocycles. The number of piperazine rings is 1. The van der Waals surface area contributed by atoms with Crippen LogP contribution in [-0.2, 0) is 13.6 Å². The van der Waals surface area contributed by atoms with Crippen LogP contribution in [-0.4, -0.2) is 45.6 Å². The smallest absolute Gasteiger partial charge is 0.280 e. The summed E-state index contributed by atoms with van der Waals surface area (Å²) in [5, 5.41) is 0. The number of rotatable bonds is 4. The molecule has 0 aliphatic carbocycles. The van der Waals surface area contributed by atoms with Gasteiger partial charge in [0.25, 0.3) is 17.5 Å². The monoisotopic (exact) mass is 351 g/mol. The number of aromatic amines is 1. The molecule has 0 radical (unpaired) electrons. The molecule has 1 aliphatic heterocycles. The standard InChI is InChI=1S/C16H19F2N5O2/c1-21-3-2-11(8-14(21)25)10-22-4-6-23(7-5-22)16-19-12(15(17)18)9-13(24)20-16/h2-3,8-9,15H,4-7,10H2,1H3,(H,19,20,24). The zero-order valence-corrected chi connectivity index (χ0v) is 13.8. The zero-order chi connectivity index (χ0) is 18.0.